The molecule has 0 aliphatic heterocycles. The first kappa shape index (κ1) is 10.5. The van der Waals surface area contributed by atoms with E-state index in [2.05, 4.69) is 18.0 Å². The number of fused-ring (bicyclic) bond motifs is 1. The van der Waals surface area contributed by atoms with E-state index in [1.807, 2.05) is 16.7 Å². The molecular formula is C11H14ClN3. The molecule has 2 aromatic heterocycles. The molecule has 0 saturated heterocycles. The van der Waals surface area contributed by atoms with Gasteiger partial charge in [-0.2, -0.15) is 0 Å². The molecule has 1 atom stereocenters. The molecule has 2 aromatic rings. The maximum Gasteiger partial charge on any atom is 0.155 e. The predicted octanol–water partition coefficient (Wildman–Crippen LogP) is 2.12. The fraction of sp³-hybridized carbons (Fsp3) is 0.364. The highest BCUT2D eigenvalue weighted by atomic mass is 35.5. The summed E-state index contributed by atoms with van der Waals surface area (Å²) in [5.41, 5.74) is 7.83. The van der Waals surface area contributed by atoms with Gasteiger partial charge in [0.2, 0.25) is 0 Å². The molecule has 2 N–H and O–H groups in total. The number of hydrogen-bond acceptors (Lipinski definition) is 2. The molecule has 1 unspecified atom stereocenters. The third kappa shape index (κ3) is 1.98. The molecule has 0 fully saturated rings. The van der Waals surface area contributed by atoms with Crippen molar-refractivity contribution in [2.24, 2.45) is 11.7 Å². The Morgan fingerprint density at radius 2 is 2.40 bits per heavy atom. The van der Waals surface area contributed by atoms with Crippen LogP contribution in [0.5, 0.6) is 0 Å². The van der Waals surface area contributed by atoms with E-state index in [-0.39, 0.29) is 0 Å². The number of aromatic nitrogens is 2. The molecule has 0 radical (unpaired) electrons. The largest absolute Gasteiger partial charge is 0.330 e. The Morgan fingerprint density at radius 3 is 3.13 bits per heavy atom. The lowest BCUT2D eigenvalue weighted by Crippen LogP contribution is -2.13. The van der Waals surface area contributed by atoms with Crippen molar-refractivity contribution in [2.45, 2.75) is 13.3 Å². The van der Waals surface area contributed by atoms with Gasteiger partial charge in [-0.1, -0.05) is 24.6 Å². The summed E-state index contributed by atoms with van der Waals surface area (Å²) >= 11 is 6.04. The molecule has 80 valence electrons. The molecule has 0 aromatic carbocycles. The van der Waals surface area contributed by atoms with Crippen molar-refractivity contribution < 1.29 is 0 Å². The zero-order valence-corrected chi connectivity index (χ0v) is 9.41. The summed E-state index contributed by atoms with van der Waals surface area (Å²) in [6.45, 7) is 2.82. The molecule has 2 heterocycles. The minimum absolute atomic E-state index is 0.460. The number of nitrogens with two attached hydrogens (primary N) is 1. The third-order valence-electron chi connectivity index (χ3n) is 2.57. The zero-order valence-electron chi connectivity index (χ0n) is 8.65. The van der Waals surface area contributed by atoms with Crippen LogP contribution in [0.15, 0.2) is 24.7 Å². The lowest BCUT2D eigenvalue weighted by molar-refractivity contribution is 0.594. The standard InChI is InChI=1S/C11H14ClN3/c1-8(6-13)5-9-3-2-4-15-7-14-11(12)10(9)15/h2-4,7-8H,5-6,13H2,1H3. The van der Waals surface area contributed by atoms with Gasteiger partial charge in [0.05, 0.1) is 5.52 Å². The van der Waals surface area contributed by atoms with Crippen LogP contribution in [0.1, 0.15) is 12.5 Å². The summed E-state index contributed by atoms with van der Waals surface area (Å²) in [6, 6.07) is 4.08. The van der Waals surface area contributed by atoms with Gasteiger partial charge in [-0.3, -0.25) is 0 Å². The molecule has 0 aliphatic carbocycles. The van der Waals surface area contributed by atoms with Crippen molar-refractivity contribution in [1.82, 2.24) is 9.38 Å². The van der Waals surface area contributed by atoms with Gasteiger partial charge in [0, 0.05) is 6.20 Å². The molecule has 0 aliphatic rings. The van der Waals surface area contributed by atoms with E-state index in [0.717, 1.165) is 11.9 Å². The maximum absolute atomic E-state index is 6.04. The van der Waals surface area contributed by atoms with Gasteiger partial charge in [-0.15, -0.1) is 0 Å². The zero-order chi connectivity index (χ0) is 10.8. The summed E-state index contributed by atoms with van der Waals surface area (Å²) < 4.78 is 1.95. The van der Waals surface area contributed by atoms with Crippen LogP contribution in [-0.4, -0.2) is 15.9 Å². The quantitative estimate of drug-likeness (QED) is 0.866. The van der Waals surface area contributed by atoms with Crippen LogP contribution >= 0.6 is 11.6 Å². The first-order valence-electron chi connectivity index (χ1n) is 5.02. The van der Waals surface area contributed by atoms with Crippen molar-refractivity contribution in [3.05, 3.63) is 35.4 Å². The van der Waals surface area contributed by atoms with Gasteiger partial charge < -0.3 is 10.1 Å². The van der Waals surface area contributed by atoms with Crippen molar-refractivity contribution in [3.8, 4) is 0 Å². The Kier molecular flexibility index (Phi) is 2.93. The molecule has 0 bridgehead atoms. The van der Waals surface area contributed by atoms with Crippen LogP contribution in [0.4, 0.5) is 0 Å². The molecule has 0 amide bonds. The summed E-state index contributed by atoms with van der Waals surface area (Å²) in [5, 5.41) is 0.565. The lowest BCUT2D eigenvalue weighted by atomic mass is 10.0. The molecule has 4 heteroatoms. The van der Waals surface area contributed by atoms with Crippen LogP contribution in [0.25, 0.3) is 5.52 Å². The summed E-state index contributed by atoms with van der Waals surface area (Å²) in [4.78, 5) is 4.09. The second-order valence-electron chi connectivity index (χ2n) is 3.87. The number of imidazole rings is 1. The monoisotopic (exact) mass is 223 g/mol. The van der Waals surface area contributed by atoms with Crippen molar-refractivity contribution in [1.29, 1.82) is 0 Å². The first-order valence-corrected chi connectivity index (χ1v) is 5.40. The fourth-order valence-corrected chi connectivity index (χ4v) is 1.97. The smallest absolute Gasteiger partial charge is 0.155 e. The summed E-state index contributed by atoms with van der Waals surface area (Å²) in [5.74, 6) is 0.460. The van der Waals surface area contributed by atoms with E-state index in [4.69, 9.17) is 17.3 Å². The maximum atomic E-state index is 6.04. The van der Waals surface area contributed by atoms with E-state index in [9.17, 15) is 0 Å². The molecule has 3 nitrogen and oxygen atoms in total. The number of pyridine rings is 1. The normalized spacial score (nSPS) is 13.3. The average Bonchev–Trinajstić information content (AvgIpc) is 2.61. The Hall–Kier alpha value is -1.06. The van der Waals surface area contributed by atoms with E-state index >= 15 is 0 Å². The van der Waals surface area contributed by atoms with Crippen molar-refractivity contribution in [3.63, 3.8) is 0 Å². The van der Waals surface area contributed by atoms with Crippen LogP contribution in [0.3, 0.4) is 0 Å². The molecule has 2 rings (SSSR count). The highest BCUT2D eigenvalue weighted by Gasteiger charge is 2.09. The fourth-order valence-electron chi connectivity index (χ4n) is 1.70. The minimum Gasteiger partial charge on any atom is -0.330 e. The Morgan fingerprint density at radius 1 is 1.60 bits per heavy atom. The minimum atomic E-state index is 0.460. The highest BCUT2D eigenvalue weighted by molar-refractivity contribution is 6.32. The Balaban J connectivity index is 2.45. The Bertz CT molecular complexity index is 464. The van der Waals surface area contributed by atoms with Crippen LogP contribution in [0.2, 0.25) is 5.15 Å². The molecule has 0 spiro atoms. The van der Waals surface area contributed by atoms with Gasteiger partial charge >= 0.3 is 0 Å². The highest BCUT2D eigenvalue weighted by Crippen LogP contribution is 2.21. The van der Waals surface area contributed by atoms with E-state index < -0.39 is 0 Å². The molecule has 0 saturated carbocycles. The SMILES string of the molecule is CC(CN)Cc1cccn2cnc(Cl)c12. The van der Waals surface area contributed by atoms with Crippen molar-refractivity contribution >= 4 is 17.1 Å². The van der Waals surface area contributed by atoms with Gasteiger partial charge in [-0.25, -0.2) is 4.98 Å². The second-order valence-corrected chi connectivity index (χ2v) is 4.23. The third-order valence-corrected chi connectivity index (χ3v) is 2.84. The van der Waals surface area contributed by atoms with Crippen LogP contribution < -0.4 is 5.73 Å². The van der Waals surface area contributed by atoms with E-state index in [0.29, 0.717) is 17.6 Å². The predicted molar refractivity (Wildman–Crippen MR) is 62.1 cm³/mol. The van der Waals surface area contributed by atoms with Gasteiger partial charge in [0.1, 0.15) is 6.33 Å². The topological polar surface area (TPSA) is 43.3 Å². The summed E-state index contributed by atoms with van der Waals surface area (Å²) in [7, 11) is 0. The molecule has 15 heavy (non-hydrogen) atoms. The lowest BCUT2D eigenvalue weighted by Gasteiger charge is -2.09. The number of halogens is 1. The van der Waals surface area contributed by atoms with Gasteiger partial charge in [0.15, 0.2) is 5.15 Å². The van der Waals surface area contributed by atoms with Gasteiger partial charge in [-0.05, 0) is 30.5 Å². The number of hydrogen-bond donors (Lipinski definition) is 1. The van der Waals surface area contributed by atoms with E-state index in [1.54, 1.807) is 6.33 Å². The Labute approximate surface area is 93.9 Å². The van der Waals surface area contributed by atoms with Crippen LogP contribution in [0, 0.1) is 5.92 Å². The second kappa shape index (κ2) is 4.21. The number of rotatable bonds is 3. The summed E-state index contributed by atoms with van der Waals surface area (Å²) in [6.07, 6.45) is 4.62. The van der Waals surface area contributed by atoms with Crippen LogP contribution in [-0.2, 0) is 6.42 Å². The van der Waals surface area contributed by atoms with Crippen molar-refractivity contribution in [2.75, 3.05) is 6.54 Å². The molecular weight excluding hydrogens is 210 g/mol. The number of nitrogens with zero attached hydrogens (tertiary/aromatic N) is 2. The van der Waals surface area contributed by atoms with E-state index in [1.165, 1.54) is 5.56 Å². The average molecular weight is 224 g/mol. The van der Waals surface area contributed by atoms with Gasteiger partial charge in [0.25, 0.3) is 0 Å². The first-order chi connectivity index (χ1) is 7.22.